The maximum atomic E-state index is 3.78. The van der Waals surface area contributed by atoms with Gasteiger partial charge in [-0.3, -0.25) is 0 Å². The zero-order valence-electron chi connectivity index (χ0n) is 3.05. The molecule has 4 heteroatoms. The van der Waals surface area contributed by atoms with Gasteiger partial charge in [0.1, 0.15) is 0 Å². The first-order chi connectivity index (χ1) is 2.89. The van der Waals surface area contributed by atoms with Crippen LogP contribution in [0, 0.1) is 0 Å². The molecule has 0 radical (unpaired) electrons. The standard InChI is InChI=1S/C2H4AsN3/c3-2-4-1-5-6-2/h1H,3H2,(H,4,5,6). The molecule has 1 aromatic rings. The van der Waals surface area contributed by atoms with E-state index in [0.29, 0.717) is 0 Å². The van der Waals surface area contributed by atoms with Gasteiger partial charge in [-0.15, -0.1) is 0 Å². The molecule has 0 aliphatic heterocycles. The quantitative estimate of drug-likeness (QED) is 0.431. The summed E-state index contributed by atoms with van der Waals surface area (Å²) in [6, 6.07) is 0. The molecular formula is C2H4AsN3. The van der Waals surface area contributed by atoms with Gasteiger partial charge in [0.25, 0.3) is 0 Å². The third kappa shape index (κ3) is 0.600. The topological polar surface area (TPSA) is 41.6 Å². The summed E-state index contributed by atoms with van der Waals surface area (Å²) in [5, 5.41) is 6.29. The summed E-state index contributed by atoms with van der Waals surface area (Å²) < 4.78 is 0.850. The summed E-state index contributed by atoms with van der Waals surface area (Å²) in [7, 11) is 0. The Labute approximate surface area is 43.7 Å². The summed E-state index contributed by atoms with van der Waals surface area (Å²) in [6.07, 6.45) is 1.57. The van der Waals surface area contributed by atoms with Gasteiger partial charge < -0.3 is 0 Å². The molecule has 1 heterocycles. The van der Waals surface area contributed by atoms with Crippen LogP contribution in [-0.4, -0.2) is 32.0 Å². The Hall–Kier alpha value is -0.302. The van der Waals surface area contributed by atoms with Gasteiger partial charge in [0.05, 0.1) is 0 Å². The van der Waals surface area contributed by atoms with Crippen molar-refractivity contribution in [2.24, 2.45) is 0 Å². The fourth-order valence-electron chi connectivity index (χ4n) is 0.219. The molecule has 0 amide bonds. The van der Waals surface area contributed by atoms with Gasteiger partial charge in [0, 0.05) is 0 Å². The molecular weight excluding hydrogens is 141 g/mol. The molecule has 0 bridgehead atoms. The van der Waals surface area contributed by atoms with Crippen molar-refractivity contribution in [1.29, 1.82) is 0 Å². The molecule has 0 aliphatic rings. The molecule has 0 saturated carbocycles. The molecule has 0 spiro atoms. The van der Waals surface area contributed by atoms with Gasteiger partial charge in [-0.1, -0.05) is 0 Å². The zero-order chi connectivity index (χ0) is 4.41. The van der Waals surface area contributed by atoms with Crippen molar-refractivity contribution in [2.75, 3.05) is 0 Å². The number of hydrogen-bond donors (Lipinski definition) is 1. The monoisotopic (exact) mass is 145 g/mol. The van der Waals surface area contributed by atoms with Crippen molar-refractivity contribution in [3.8, 4) is 0 Å². The van der Waals surface area contributed by atoms with Crippen LogP contribution in [0.5, 0.6) is 0 Å². The maximum absolute atomic E-state index is 3.78. The normalized spacial score (nSPS) is 8.83. The van der Waals surface area contributed by atoms with Gasteiger partial charge in [-0.25, -0.2) is 0 Å². The second-order valence-electron chi connectivity index (χ2n) is 0.857. The Morgan fingerprint density at radius 2 is 2.67 bits per heavy atom. The van der Waals surface area contributed by atoms with Crippen LogP contribution in [0.25, 0.3) is 0 Å². The molecule has 0 aromatic carbocycles. The molecule has 1 atom stereocenters. The summed E-state index contributed by atoms with van der Waals surface area (Å²) in [6.45, 7) is 0. The van der Waals surface area contributed by atoms with Crippen LogP contribution in [0.2, 0.25) is 0 Å². The summed E-state index contributed by atoms with van der Waals surface area (Å²) in [5.74, 6) is 0. The molecule has 6 heavy (non-hydrogen) atoms. The van der Waals surface area contributed by atoms with Crippen LogP contribution in [0.4, 0.5) is 0 Å². The first-order valence-electron chi connectivity index (χ1n) is 1.51. The third-order valence-corrected chi connectivity index (χ3v) is 1.02. The average Bonchev–Trinajstić information content (AvgIpc) is 1.86. The van der Waals surface area contributed by atoms with E-state index in [0.717, 1.165) is 4.61 Å². The van der Waals surface area contributed by atoms with E-state index >= 15 is 0 Å². The number of aromatic nitrogens is 3. The van der Waals surface area contributed by atoms with Crippen LogP contribution in [-0.2, 0) is 0 Å². The Balaban J connectivity index is 3.05. The molecule has 3 nitrogen and oxygen atoms in total. The zero-order valence-corrected chi connectivity index (χ0v) is 5.47. The van der Waals surface area contributed by atoms with Crippen LogP contribution < -0.4 is 4.61 Å². The van der Waals surface area contributed by atoms with Gasteiger partial charge in [-0.2, -0.15) is 0 Å². The fourth-order valence-corrected chi connectivity index (χ4v) is 0.532. The summed E-state index contributed by atoms with van der Waals surface area (Å²) in [5.41, 5.74) is 0. The second-order valence-corrected chi connectivity index (χ2v) is 1.94. The molecule has 0 fully saturated rings. The molecule has 1 rings (SSSR count). The molecule has 0 aliphatic carbocycles. The Morgan fingerprint density at radius 1 is 1.83 bits per heavy atom. The minimum absolute atomic E-state index is 0.850. The van der Waals surface area contributed by atoms with Gasteiger partial charge >= 0.3 is 43.0 Å². The molecule has 1 aromatic heterocycles. The van der Waals surface area contributed by atoms with Crippen LogP contribution >= 0.6 is 0 Å². The van der Waals surface area contributed by atoms with E-state index in [9.17, 15) is 0 Å². The predicted molar refractivity (Wildman–Crippen MR) is 24.6 cm³/mol. The van der Waals surface area contributed by atoms with Crippen molar-refractivity contribution in [3.05, 3.63) is 6.33 Å². The first-order valence-corrected chi connectivity index (χ1v) is 2.72. The van der Waals surface area contributed by atoms with Crippen molar-refractivity contribution in [2.45, 2.75) is 0 Å². The van der Waals surface area contributed by atoms with Gasteiger partial charge in [0.2, 0.25) is 0 Å². The van der Waals surface area contributed by atoms with E-state index in [2.05, 4.69) is 15.2 Å². The second kappa shape index (κ2) is 1.43. The molecule has 32 valence electrons. The molecule has 1 N–H and O–H groups in total. The van der Waals surface area contributed by atoms with Gasteiger partial charge in [-0.05, 0) is 0 Å². The fraction of sp³-hybridized carbons (Fsp3) is 0. The van der Waals surface area contributed by atoms with Crippen LogP contribution in [0.1, 0.15) is 0 Å². The number of nitrogens with one attached hydrogen (secondary N) is 1. The molecule has 1 unspecified atom stereocenters. The summed E-state index contributed by atoms with van der Waals surface area (Å²) in [4.78, 5) is 3.78. The van der Waals surface area contributed by atoms with Crippen molar-refractivity contribution >= 4 is 21.5 Å². The first kappa shape index (κ1) is 3.87. The number of nitrogens with zero attached hydrogens (tertiary/aromatic N) is 2. The van der Waals surface area contributed by atoms with E-state index in [1.807, 2.05) is 0 Å². The minimum atomic E-state index is 0.850. The number of aromatic amines is 1. The SMILES string of the molecule is [AsH2]c1nc[nH]n1. The Morgan fingerprint density at radius 3 is 2.83 bits per heavy atom. The van der Waals surface area contributed by atoms with E-state index in [4.69, 9.17) is 0 Å². The van der Waals surface area contributed by atoms with Crippen LogP contribution in [0.15, 0.2) is 6.33 Å². The van der Waals surface area contributed by atoms with Gasteiger partial charge in [0.15, 0.2) is 0 Å². The van der Waals surface area contributed by atoms with Crippen molar-refractivity contribution in [3.63, 3.8) is 0 Å². The van der Waals surface area contributed by atoms with Crippen molar-refractivity contribution in [1.82, 2.24) is 15.2 Å². The van der Waals surface area contributed by atoms with E-state index in [1.54, 1.807) is 6.33 Å². The van der Waals surface area contributed by atoms with E-state index in [1.165, 1.54) is 16.9 Å². The number of H-pyrrole nitrogens is 1. The number of rotatable bonds is 0. The predicted octanol–water partition coefficient (Wildman–Crippen LogP) is -1.94. The van der Waals surface area contributed by atoms with E-state index in [-0.39, 0.29) is 0 Å². The average molecular weight is 145 g/mol. The van der Waals surface area contributed by atoms with Crippen molar-refractivity contribution < 1.29 is 0 Å². The summed E-state index contributed by atoms with van der Waals surface area (Å²) >= 11 is 1.43. The third-order valence-electron chi connectivity index (χ3n) is 0.434. The Bertz CT molecular complexity index is 112. The van der Waals surface area contributed by atoms with Crippen LogP contribution in [0.3, 0.4) is 0 Å². The molecule has 0 saturated heterocycles. The van der Waals surface area contributed by atoms with E-state index < -0.39 is 0 Å². The Kier molecular flexibility index (Phi) is 0.925. The number of hydrogen-bond acceptors (Lipinski definition) is 2.